The normalized spacial score (nSPS) is 13.1. The van der Waals surface area contributed by atoms with Crippen LogP contribution >= 0.6 is 0 Å². The molecule has 0 aromatic carbocycles. The molecule has 80 valence electrons. The Kier molecular flexibility index (Phi) is 4.66. The van der Waals surface area contributed by atoms with Crippen LogP contribution in [0.5, 0.6) is 0 Å². The van der Waals surface area contributed by atoms with E-state index in [9.17, 15) is 5.11 Å². The smallest absolute Gasteiger partial charge is 0.0540 e. The Bertz CT molecular complexity index is 258. The van der Waals surface area contributed by atoms with Gasteiger partial charge in [0.25, 0.3) is 0 Å². The van der Waals surface area contributed by atoms with E-state index >= 15 is 0 Å². The van der Waals surface area contributed by atoms with Crippen molar-refractivity contribution in [1.29, 1.82) is 0 Å². The van der Waals surface area contributed by atoms with Crippen molar-refractivity contribution in [1.82, 2.24) is 9.78 Å². The standard InChI is InChI=1S/C11H20N2O/c1-3-5-11(14)7-4-6-10-8-12-13(2)9-10/h8-9,11,14H,3-7H2,1-2H3. The topological polar surface area (TPSA) is 38.1 Å². The number of nitrogens with zero attached hydrogens (tertiary/aromatic N) is 2. The van der Waals surface area contributed by atoms with Crippen molar-refractivity contribution in [2.75, 3.05) is 0 Å². The summed E-state index contributed by atoms with van der Waals surface area (Å²) in [5.74, 6) is 0. The molecule has 1 aromatic heterocycles. The molecule has 0 aliphatic rings. The fraction of sp³-hybridized carbons (Fsp3) is 0.727. The van der Waals surface area contributed by atoms with Gasteiger partial charge in [-0.15, -0.1) is 0 Å². The molecule has 1 heterocycles. The first-order chi connectivity index (χ1) is 6.72. The molecule has 3 heteroatoms. The van der Waals surface area contributed by atoms with Gasteiger partial charge < -0.3 is 5.11 Å². The van der Waals surface area contributed by atoms with Crippen LogP contribution < -0.4 is 0 Å². The molecule has 0 aliphatic carbocycles. The van der Waals surface area contributed by atoms with E-state index in [1.54, 1.807) is 0 Å². The maximum absolute atomic E-state index is 9.51. The number of aromatic nitrogens is 2. The van der Waals surface area contributed by atoms with Gasteiger partial charge in [0.1, 0.15) is 0 Å². The number of aryl methyl sites for hydroxylation is 2. The van der Waals surface area contributed by atoms with Gasteiger partial charge in [0.2, 0.25) is 0 Å². The van der Waals surface area contributed by atoms with Gasteiger partial charge in [0, 0.05) is 13.2 Å². The molecule has 1 atom stereocenters. The molecule has 0 spiro atoms. The van der Waals surface area contributed by atoms with Crippen LogP contribution in [0, 0.1) is 0 Å². The van der Waals surface area contributed by atoms with Crippen molar-refractivity contribution in [3.05, 3.63) is 18.0 Å². The largest absolute Gasteiger partial charge is 0.393 e. The van der Waals surface area contributed by atoms with Gasteiger partial charge in [-0.1, -0.05) is 13.3 Å². The van der Waals surface area contributed by atoms with Gasteiger partial charge in [0.05, 0.1) is 12.3 Å². The summed E-state index contributed by atoms with van der Waals surface area (Å²) in [7, 11) is 1.93. The van der Waals surface area contributed by atoms with E-state index in [-0.39, 0.29) is 6.10 Å². The summed E-state index contributed by atoms with van der Waals surface area (Å²) >= 11 is 0. The average Bonchev–Trinajstić information content (AvgIpc) is 2.52. The molecule has 3 nitrogen and oxygen atoms in total. The van der Waals surface area contributed by atoms with Crippen LogP contribution in [0.1, 0.15) is 38.2 Å². The summed E-state index contributed by atoms with van der Waals surface area (Å²) in [6.07, 6.45) is 8.78. The highest BCUT2D eigenvalue weighted by Crippen LogP contribution is 2.08. The maximum atomic E-state index is 9.51. The highest BCUT2D eigenvalue weighted by Gasteiger charge is 2.03. The molecule has 0 bridgehead atoms. The molecular weight excluding hydrogens is 176 g/mol. The summed E-state index contributed by atoms with van der Waals surface area (Å²) in [6.45, 7) is 2.10. The minimum absolute atomic E-state index is 0.114. The number of aliphatic hydroxyl groups is 1. The third-order valence-electron chi connectivity index (χ3n) is 2.38. The number of aliphatic hydroxyl groups excluding tert-OH is 1. The van der Waals surface area contributed by atoms with Gasteiger partial charge >= 0.3 is 0 Å². The van der Waals surface area contributed by atoms with Crippen LogP contribution in [0.25, 0.3) is 0 Å². The van der Waals surface area contributed by atoms with Crippen LogP contribution in [0.15, 0.2) is 12.4 Å². The first-order valence-corrected chi connectivity index (χ1v) is 5.38. The highest BCUT2D eigenvalue weighted by atomic mass is 16.3. The lowest BCUT2D eigenvalue weighted by molar-refractivity contribution is 0.151. The van der Waals surface area contributed by atoms with Crippen LogP contribution in [0.3, 0.4) is 0 Å². The van der Waals surface area contributed by atoms with E-state index in [4.69, 9.17) is 0 Å². The molecule has 1 rings (SSSR count). The minimum atomic E-state index is -0.114. The van der Waals surface area contributed by atoms with Crippen molar-refractivity contribution in [2.24, 2.45) is 7.05 Å². The second kappa shape index (κ2) is 5.81. The Balaban J connectivity index is 2.15. The second-order valence-corrected chi connectivity index (χ2v) is 3.86. The zero-order chi connectivity index (χ0) is 10.4. The average molecular weight is 196 g/mol. The van der Waals surface area contributed by atoms with E-state index < -0.39 is 0 Å². The SMILES string of the molecule is CCCC(O)CCCc1cnn(C)c1. The molecule has 0 saturated carbocycles. The van der Waals surface area contributed by atoms with E-state index in [0.29, 0.717) is 0 Å². The molecule has 1 N–H and O–H groups in total. The number of rotatable bonds is 6. The fourth-order valence-corrected chi connectivity index (χ4v) is 1.62. The van der Waals surface area contributed by atoms with Gasteiger partial charge in [-0.2, -0.15) is 5.10 Å². The molecule has 0 saturated heterocycles. The molecule has 1 unspecified atom stereocenters. The van der Waals surface area contributed by atoms with Gasteiger partial charge in [-0.25, -0.2) is 0 Å². The Morgan fingerprint density at radius 2 is 2.29 bits per heavy atom. The van der Waals surface area contributed by atoms with Crippen molar-refractivity contribution in [2.45, 2.75) is 45.1 Å². The van der Waals surface area contributed by atoms with Crippen LogP contribution in [0.2, 0.25) is 0 Å². The molecule has 1 aromatic rings. The third-order valence-corrected chi connectivity index (χ3v) is 2.38. The third kappa shape index (κ3) is 3.92. The molecule has 0 fully saturated rings. The van der Waals surface area contributed by atoms with E-state index in [2.05, 4.69) is 12.0 Å². The van der Waals surface area contributed by atoms with Gasteiger partial charge in [-0.05, 0) is 31.2 Å². The molecule has 0 aliphatic heterocycles. The first kappa shape index (κ1) is 11.2. The number of hydrogen-bond donors (Lipinski definition) is 1. The molecule has 14 heavy (non-hydrogen) atoms. The van der Waals surface area contributed by atoms with E-state index in [1.807, 2.05) is 24.1 Å². The second-order valence-electron chi connectivity index (χ2n) is 3.86. The lowest BCUT2D eigenvalue weighted by Gasteiger charge is -2.07. The van der Waals surface area contributed by atoms with Crippen molar-refractivity contribution in [3.63, 3.8) is 0 Å². The van der Waals surface area contributed by atoms with E-state index in [0.717, 1.165) is 32.1 Å². The van der Waals surface area contributed by atoms with Crippen molar-refractivity contribution >= 4 is 0 Å². The highest BCUT2D eigenvalue weighted by molar-refractivity contribution is 5.03. The minimum Gasteiger partial charge on any atom is -0.393 e. The fourth-order valence-electron chi connectivity index (χ4n) is 1.62. The monoisotopic (exact) mass is 196 g/mol. The molecule has 0 amide bonds. The lowest BCUT2D eigenvalue weighted by Crippen LogP contribution is -2.05. The molecular formula is C11H20N2O. The zero-order valence-electron chi connectivity index (χ0n) is 9.11. The van der Waals surface area contributed by atoms with Crippen molar-refractivity contribution in [3.8, 4) is 0 Å². The summed E-state index contributed by atoms with van der Waals surface area (Å²) in [5.41, 5.74) is 1.26. The zero-order valence-corrected chi connectivity index (χ0v) is 9.11. The lowest BCUT2D eigenvalue weighted by atomic mass is 10.1. The predicted octanol–water partition coefficient (Wildman–Crippen LogP) is 1.90. The Labute approximate surface area is 85.8 Å². The van der Waals surface area contributed by atoms with Gasteiger partial charge in [0.15, 0.2) is 0 Å². The Morgan fingerprint density at radius 3 is 2.86 bits per heavy atom. The van der Waals surface area contributed by atoms with Crippen LogP contribution in [-0.4, -0.2) is 21.0 Å². The van der Waals surface area contributed by atoms with Crippen molar-refractivity contribution < 1.29 is 5.11 Å². The van der Waals surface area contributed by atoms with Gasteiger partial charge in [-0.3, -0.25) is 4.68 Å². The molecule has 0 radical (unpaired) electrons. The Morgan fingerprint density at radius 1 is 1.50 bits per heavy atom. The number of hydrogen-bond acceptors (Lipinski definition) is 2. The predicted molar refractivity (Wildman–Crippen MR) is 57.1 cm³/mol. The summed E-state index contributed by atoms with van der Waals surface area (Å²) < 4.78 is 1.82. The summed E-state index contributed by atoms with van der Waals surface area (Å²) in [6, 6.07) is 0. The van der Waals surface area contributed by atoms with Crippen LogP contribution in [0.4, 0.5) is 0 Å². The van der Waals surface area contributed by atoms with Crippen LogP contribution in [-0.2, 0) is 13.5 Å². The maximum Gasteiger partial charge on any atom is 0.0540 e. The summed E-state index contributed by atoms with van der Waals surface area (Å²) in [4.78, 5) is 0. The summed E-state index contributed by atoms with van der Waals surface area (Å²) in [5, 5.41) is 13.6. The Hall–Kier alpha value is -0.830. The quantitative estimate of drug-likeness (QED) is 0.754. The first-order valence-electron chi connectivity index (χ1n) is 5.38. The van der Waals surface area contributed by atoms with E-state index in [1.165, 1.54) is 5.56 Å².